The molecule has 3 aromatic rings. The SMILES string of the molecule is CS(=O)(=O)N(CC(=O)N/N=C\c1ccccc1OCc1ccccc1)c1ccccc1Cl. The summed E-state index contributed by atoms with van der Waals surface area (Å²) in [5.41, 5.74) is 4.25. The van der Waals surface area contributed by atoms with E-state index in [0.29, 0.717) is 17.9 Å². The van der Waals surface area contributed by atoms with E-state index in [-0.39, 0.29) is 10.7 Å². The minimum Gasteiger partial charge on any atom is -0.488 e. The molecule has 32 heavy (non-hydrogen) atoms. The molecule has 0 aliphatic rings. The number of amides is 1. The molecular weight excluding hydrogens is 450 g/mol. The number of rotatable bonds is 9. The predicted molar refractivity (Wildman–Crippen MR) is 127 cm³/mol. The zero-order valence-electron chi connectivity index (χ0n) is 17.3. The summed E-state index contributed by atoms with van der Waals surface area (Å²) in [4.78, 5) is 12.4. The number of hydrazone groups is 1. The molecule has 0 spiro atoms. The number of halogens is 1. The van der Waals surface area contributed by atoms with Gasteiger partial charge >= 0.3 is 0 Å². The van der Waals surface area contributed by atoms with E-state index in [1.807, 2.05) is 42.5 Å². The quantitative estimate of drug-likeness (QED) is 0.379. The molecule has 166 valence electrons. The highest BCUT2D eigenvalue weighted by Crippen LogP contribution is 2.26. The molecular formula is C23H22ClN3O4S. The van der Waals surface area contributed by atoms with Gasteiger partial charge in [0.1, 0.15) is 18.9 Å². The Hall–Kier alpha value is -3.36. The predicted octanol–water partition coefficient (Wildman–Crippen LogP) is 3.84. The fourth-order valence-corrected chi connectivity index (χ4v) is 3.98. The Bertz CT molecular complexity index is 1200. The fraction of sp³-hybridized carbons (Fsp3) is 0.130. The zero-order chi connectivity index (χ0) is 23.0. The molecule has 0 fully saturated rings. The van der Waals surface area contributed by atoms with Crippen LogP contribution in [0.3, 0.4) is 0 Å². The second kappa shape index (κ2) is 10.8. The molecule has 0 aliphatic carbocycles. The van der Waals surface area contributed by atoms with Crippen molar-refractivity contribution in [2.75, 3.05) is 17.1 Å². The molecule has 0 atom stereocenters. The number of hydrogen-bond acceptors (Lipinski definition) is 5. The van der Waals surface area contributed by atoms with Crippen LogP contribution in [0.4, 0.5) is 5.69 Å². The largest absolute Gasteiger partial charge is 0.488 e. The van der Waals surface area contributed by atoms with Crippen LogP contribution in [0.5, 0.6) is 5.75 Å². The third-order valence-corrected chi connectivity index (χ3v) is 5.80. The molecule has 3 aromatic carbocycles. The Balaban J connectivity index is 1.65. The maximum absolute atomic E-state index is 12.4. The van der Waals surface area contributed by atoms with Gasteiger partial charge in [0.25, 0.3) is 5.91 Å². The number of hydrogen-bond donors (Lipinski definition) is 1. The van der Waals surface area contributed by atoms with Crippen LogP contribution in [0.1, 0.15) is 11.1 Å². The number of carbonyl (C=O) groups is 1. The summed E-state index contributed by atoms with van der Waals surface area (Å²) in [5, 5.41) is 4.17. The first-order valence-electron chi connectivity index (χ1n) is 9.64. The number of nitrogens with one attached hydrogen (secondary N) is 1. The van der Waals surface area contributed by atoms with Crippen LogP contribution in [0.2, 0.25) is 5.02 Å². The van der Waals surface area contributed by atoms with Gasteiger partial charge in [-0.1, -0.05) is 66.2 Å². The third-order valence-electron chi connectivity index (χ3n) is 4.36. The van der Waals surface area contributed by atoms with Gasteiger partial charge in [-0.25, -0.2) is 13.8 Å². The van der Waals surface area contributed by atoms with E-state index in [1.54, 1.807) is 30.3 Å². The molecule has 0 saturated heterocycles. The Morgan fingerprint density at radius 1 is 1.03 bits per heavy atom. The average molecular weight is 472 g/mol. The fourth-order valence-electron chi connectivity index (χ4n) is 2.83. The summed E-state index contributed by atoms with van der Waals surface area (Å²) in [6.45, 7) is -0.0781. The van der Waals surface area contributed by atoms with Gasteiger partial charge in [0.15, 0.2) is 0 Å². The first kappa shape index (κ1) is 23.3. The van der Waals surface area contributed by atoms with Gasteiger partial charge in [-0.2, -0.15) is 5.10 Å². The molecule has 0 saturated carbocycles. The van der Waals surface area contributed by atoms with Crippen molar-refractivity contribution in [2.45, 2.75) is 6.61 Å². The van der Waals surface area contributed by atoms with Crippen LogP contribution in [0.25, 0.3) is 0 Å². The third kappa shape index (κ3) is 6.57. The van der Waals surface area contributed by atoms with Crippen LogP contribution in [-0.4, -0.2) is 33.3 Å². The number of ether oxygens (including phenoxy) is 1. The van der Waals surface area contributed by atoms with E-state index >= 15 is 0 Å². The van der Waals surface area contributed by atoms with Gasteiger partial charge < -0.3 is 4.74 Å². The first-order chi connectivity index (χ1) is 15.3. The van der Waals surface area contributed by atoms with Crippen LogP contribution in [-0.2, 0) is 21.4 Å². The van der Waals surface area contributed by atoms with Crippen molar-refractivity contribution in [2.24, 2.45) is 5.10 Å². The van der Waals surface area contributed by atoms with Crippen molar-refractivity contribution < 1.29 is 17.9 Å². The molecule has 3 rings (SSSR count). The lowest BCUT2D eigenvalue weighted by Gasteiger charge is -2.22. The maximum atomic E-state index is 12.4. The van der Waals surface area contributed by atoms with Gasteiger partial charge in [0.2, 0.25) is 10.0 Å². The van der Waals surface area contributed by atoms with Crippen molar-refractivity contribution in [3.63, 3.8) is 0 Å². The highest BCUT2D eigenvalue weighted by molar-refractivity contribution is 7.92. The van der Waals surface area contributed by atoms with Crippen molar-refractivity contribution in [1.29, 1.82) is 0 Å². The van der Waals surface area contributed by atoms with Gasteiger partial charge in [0.05, 0.1) is 23.2 Å². The lowest BCUT2D eigenvalue weighted by atomic mass is 10.2. The van der Waals surface area contributed by atoms with E-state index < -0.39 is 22.5 Å². The molecule has 0 aliphatic heterocycles. The van der Waals surface area contributed by atoms with Gasteiger partial charge in [-0.05, 0) is 29.8 Å². The molecule has 0 bridgehead atoms. The Morgan fingerprint density at radius 3 is 2.41 bits per heavy atom. The van der Waals surface area contributed by atoms with Gasteiger partial charge in [-0.15, -0.1) is 0 Å². The van der Waals surface area contributed by atoms with Crippen LogP contribution >= 0.6 is 11.6 Å². The van der Waals surface area contributed by atoms with Crippen molar-refractivity contribution >= 4 is 39.4 Å². The van der Waals surface area contributed by atoms with Crippen LogP contribution < -0.4 is 14.5 Å². The van der Waals surface area contributed by atoms with E-state index in [1.165, 1.54) is 12.3 Å². The number of sulfonamides is 1. The topological polar surface area (TPSA) is 88.1 Å². The van der Waals surface area contributed by atoms with Gasteiger partial charge in [-0.3, -0.25) is 9.10 Å². The summed E-state index contributed by atoms with van der Waals surface area (Å²) in [6, 6.07) is 23.4. The number of benzene rings is 3. The second-order valence-electron chi connectivity index (χ2n) is 6.83. The Morgan fingerprint density at radius 2 is 1.69 bits per heavy atom. The van der Waals surface area contributed by atoms with Crippen LogP contribution in [0.15, 0.2) is 84.0 Å². The minimum atomic E-state index is -3.74. The molecule has 0 unspecified atom stereocenters. The highest BCUT2D eigenvalue weighted by Gasteiger charge is 2.22. The normalized spacial score (nSPS) is 11.3. The van der Waals surface area contributed by atoms with Crippen molar-refractivity contribution in [3.8, 4) is 5.75 Å². The lowest BCUT2D eigenvalue weighted by Crippen LogP contribution is -2.39. The smallest absolute Gasteiger partial charge is 0.260 e. The molecule has 1 N–H and O–H groups in total. The molecule has 1 amide bonds. The lowest BCUT2D eigenvalue weighted by molar-refractivity contribution is -0.119. The van der Waals surface area contributed by atoms with E-state index in [2.05, 4.69) is 10.5 Å². The van der Waals surface area contributed by atoms with E-state index in [0.717, 1.165) is 16.1 Å². The van der Waals surface area contributed by atoms with Gasteiger partial charge in [0, 0.05) is 5.56 Å². The number of nitrogens with zero attached hydrogens (tertiary/aromatic N) is 2. The van der Waals surface area contributed by atoms with E-state index in [9.17, 15) is 13.2 Å². The molecule has 0 radical (unpaired) electrons. The van der Waals surface area contributed by atoms with Crippen molar-refractivity contribution in [1.82, 2.24) is 5.43 Å². The monoisotopic (exact) mass is 471 g/mol. The molecule has 7 nitrogen and oxygen atoms in total. The molecule has 0 aromatic heterocycles. The summed E-state index contributed by atoms with van der Waals surface area (Å²) >= 11 is 6.10. The number of anilines is 1. The van der Waals surface area contributed by atoms with Crippen molar-refractivity contribution in [3.05, 3.63) is 95.0 Å². The minimum absolute atomic E-state index is 0.218. The Kier molecular flexibility index (Phi) is 7.86. The molecule has 9 heteroatoms. The summed E-state index contributed by atoms with van der Waals surface area (Å²) < 4.78 is 31.1. The standard InChI is InChI=1S/C23H22ClN3O4S/c1-32(29,30)27(21-13-7-6-12-20(21)24)16-23(28)26-25-15-19-11-5-8-14-22(19)31-17-18-9-3-2-4-10-18/h2-15H,16-17H2,1H3,(H,26,28)/b25-15-. The average Bonchev–Trinajstić information content (AvgIpc) is 2.77. The summed E-state index contributed by atoms with van der Waals surface area (Å²) in [6.07, 6.45) is 2.45. The van der Waals surface area contributed by atoms with Crippen LogP contribution in [0, 0.1) is 0 Å². The number of para-hydroxylation sites is 2. The summed E-state index contributed by atoms with van der Waals surface area (Å²) in [7, 11) is -3.74. The maximum Gasteiger partial charge on any atom is 0.260 e. The highest BCUT2D eigenvalue weighted by atomic mass is 35.5. The zero-order valence-corrected chi connectivity index (χ0v) is 18.9. The summed E-state index contributed by atoms with van der Waals surface area (Å²) in [5.74, 6) is -0.0162. The second-order valence-corrected chi connectivity index (χ2v) is 9.14. The number of carbonyl (C=O) groups excluding carboxylic acids is 1. The van der Waals surface area contributed by atoms with E-state index in [4.69, 9.17) is 16.3 Å². The Labute approximate surface area is 192 Å². The first-order valence-corrected chi connectivity index (χ1v) is 11.9. The molecule has 0 heterocycles.